The lowest BCUT2D eigenvalue weighted by molar-refractivity contribution is -0.137. The van der Waals surface area contributed by atoms with E-state index in [1.54, 1.807) is 0 Å². The van der Waals surface area contributed by atoms with E-state index in [0.717, 1.165) is 36.7 Å². The Labute approximate surface area is 125 Å². The molecule has 2 N–H and O–H groups in total. The molecule has 21 heavy (non-hydrogen) atoms. The molecule has 0 bridgehead atoms. The molecule has 116 valence electrons. The number of hydrogen-bond acceptors (Lipinski definition) is 3. The standard InChI is InChI=1S/C13H17F3N4S/c14-13(15,16)10-1-3-18-11(9-10)2-4-19-12(17)20-5-7-21-8-6-20/h1,3,9H,2,4-8H2,(H2,17,19). The molecule has 1 aliphatic rings. The number of guanidine groups is 1. The Hall–Kier alpha value is -1.44. The van der Waals surface area contributed by atoms with Crippen molar-refractivity contribution >= 4 is 17.7 Å². The van der Waals surface area contributed by atoms with Crippen LogP contribution in [0.25, 0.3) is 0 Å². The zero-order valence-corrected chi connectivity index (χ0v) is 12.3. The molecular weight excluding hydrogens is 301 g/mol. The quantitative estimate of drug-likeness (QED) is 0.684. The summed E-state index contributed by atoms with van der Waals surface area (Å²) in [7, 11) is 0. The zero-order valence-electron chi connectivity index (χ0n) is 11.4. The fourth-order valence-corrected chi connectivity index (χ4v) is 2.87. The highest BCUT2D eigenvalue weighted by Crippen LogP contribution is 2.29. The van der Waals surface area contributed by atoms with Crippen molar-refractivity contribution in [1.29, 1.82) is 0 Å². The minimum Gasteiger partial charge on any atom is -0.370 e. The predicted octanol–water partition coefficient (Wildman–Crippen LogP) is 2.01. The zero-order chi connectivity index (χ0) is 15.3. The summed E-state index contributed by atoms with van der Waals surface area (Å²) in [5.74, 6) is 2.50. The van der Waals surface area contributed by atoms with E-state index in [1.807, 2.05) is 16.7 Å². The molecule has 0 aromatic carbocycles. The number of aliphatic imine (C=N–C) groups is 1. The van der Waals surface area contributed by atoms with Gasteiger partial charge in [-0.1, -0.05) is 0 Å². The van der Waals surface area contributed by atoms with Gasteiger partial charge < -0.3 is 10.6 Å². The van der Waals surface area contributed by atoms with Crippen molar-refractivity contribution in [2.75, 3.05) is 31.1 Å². The van der Waals surface area contributed by atoms with Gasteiger partial charge >= 0.3 is 6.18 Å². The first-order valence-corrected chi connectivity index (χ1v) is 7.77. The third-order valence-corrected chi connectivity index (χ3v) is 4.06. The topological polar surface area (TPSA) is 54.5 Å². The molecule has 0 aliphatic carbocycles. The number of pyridine rings is 1. The van der Waals surface area contributed by atoms with Gasteiger partial charge in [0.1, 0.15) is 0 Å². The molecule has 1 fully saturated rings. The fraction of sp³-hybridized carbons (Fsp3) is 0.538. The van der Waals surface area contributed by atoms with Crippen LogP contribution in [0.4, 0.5) is 13.2 Å². The summed E-state index contributed by atoms with van der Waals surface area (Å²) in [6.07, 6.45) is -2.83. The van der Waals surface area contributed by atoms with Gasteiger partial charge in [0.05, 0.1) is 5.56 Å². The van der Waals surface area contributed by atoms with Gasteiger partial charge in [-0.15, -0.1) is 0 Å². The van der Waals surface area contributed by atoms with Crippen molar-refractivity contribution in [1.82, 2.24) is 9.88 Å². The second kappa shape index (κ2) is 7.02. The minimum atomic E-state index is -4.34. The van der Waals surface area contributed by atoms with E-state index >= 15 is 0 Å². The molecule has 1 saturated heterocycles. The number of rotatable bonds is 3. The molecule has 1 aromatic heterocycles. The average molecular weight is 318 g/mol. The van der Waals surface area contributed by atoms with Gasteiger partial charge in [-0.05, 0) is 12.1 Å². The van der Waals surface area contributed by atoms with Crippen LogP contribution in [0.15, 0.2) is 23.3 Å². The van der Waals surface area contributed by atoms with Crippen LogP contribution in [0.1, 0.15) is 11.3 Å². The summed E-state index contributed by atoms with van der Waals surface area (Å²) in [6, 6.07) is 2.02. The summed E-state index contributed by atoms with van der Waals surface area (Å²) < 4.78 is 37.7. The van der Waals surface area contributed by atoms with Crippen molar-refractivity contribution in [3.8, 4) is 0 Å². The first-order valence-electron chi connectivity index (χ1n) is 6.61. The Bertz CT molecular complexity index is 498. The Kier molecular flexibility index (Phi) is 5.33. The number of thioether (sulfide) groups is 1. The van der Waals surface area contributed by atoms with Gasteiger partial charge in [-0.3, -0.25) is 9.98 Å². The smallest absolute Gasteiger partial charge is 0.370 e. The lowest BCUT2D eigenvalue weighted by Gasteiger charge is -2.27. The molecule has 0 saturated carbocycles. The predicted molar refractivity (Wildman–Crippen MR) is 78.3 cm³/mol. The van der Waals surface area contributed by atoms with E-state index in [-0.39, 0.29) is 0 Å². The second-order valence-corrected chi connectivity index (χ2v) is 5.85. The second-order valence-electron chi connectivity index (χ2n) is 4.62. The van der Waals surface area contributed by atoms with Crippen molar-refractivity contribution in [3.63, 3.8) is 0 Å². The minimum absolute atomic E-state index is 0.337. The van der Waals surface area contributed by atoms with Gasteiger partial charge in [0.25, 0.3) is 0 Å². The molecule has 1 aromatic rings. The highest BCUT2D eigenvalue weighted by molar-refractivity contribution is 7.99. The normalized spacial score (nSPS) is 17.1. The van der Waals surface area contributed by atoms with Crippen LogP contribution in [0.2, 0.25) is 0 Å². The average Bonchev–Trinajstić information content (AvgIpc) is 2.47. The van der Waals surface area contributed by atoms with Gasteiger partial charge in [-0.25, -0.2) is 0 Å². The van der Waals surface area contributed by atoms with Gasteiger partial charge in [0.15, 0.2) is 5.96 Å². The summed E-state index contributed by atoms with van der Waals surface area (Å²) in [5.41, 5.74) is 5.57. The Balaban J connectivity index is 1.90. The van der Waals surface area contributed by atoms with E-state index in [2.05, 4.69) is 9.98 Å². The van der Waals surface area contributed by atoms with Crippen LogP contribution in [0.5, 0.6) is 0 Å². The lowest BCUT2D eigenvalue weighted by atomic mass is 10.2. The molecule has 4 nitrogen and oxygen atoms in total. The third-order valence-electron chi connectivity index (χ3n) is 3.12. The number of nitrogens with two attached hydrogens (primary N) is 1. The molecule has 0 unspecified atom stereocenters. The molecule has 1 aliphatic heterocycles. The molecular formula is C13H17F3N4S. The van der Waals surface area contributed by atoms with Crippen LogP contribution in [0.3, 0.4) is 0 Å². The molecule has 0 spiro atoms. The summed E-state index contributed by atoms with van der Waals surface area (Å²) in [4.78, 5) is 10.2. The fourth-order valence-electron chi connectivity index (χ4n) is 1.97. The number of alkyl halides is 3. The van der Waals surface area contributed by atoms with Gasteiger partial charge in [0, 0.05) is 49.5 Å². The van der Waals surface area contributed by atoms with Crippen molar-refractivity contribution in [2.45, 2.75) is 12.6 Å². The maximum Gasteiger partial charge on any atom is 0.416 e. The molecule has 0 amide bonds. The van der Waals surface area contributed by atoms with Crippen molar-refractivity contribution < 1.29 is 13.2 Å². The number of nitrogens with zero attached hydrogens (tertiary/aromatic N) is 3. The van der Waals surface area contributed by atoms with Crippen LogP contribution < -0.4 is 5.73 Å². The number of aromatic nitrogens is 1. The van der Waals surface area contributed by atoms with Gasteiger partial charge in [0.2, 0.25) is 0 Å². The Morgan fingerprint density at radius 2 is 2.10 bits per heavy atom. The third kappa shape index (κ3) is 4.80. The van der Waals surface area contributed by atoms with Crippen LogP contribution in [0, 0.1) is 0 Å². The first kappa shape index (κ1) is 15.9. The van der Waals surface area contributed by atoms with E-state index in [1.165, 1.54) is 6.20 Å². The molecule has 2 rings (SSSR count). The largest absolute Gasteiger partial charge is 0.416 e. The summed E-state index contributed by atoms with van der Waals surface area (Å²) in [5, 5.41) is 0. The summed E-state index contributed by atoms with van der Waals surface area (Å²) in [6.45, 7) is 2.06. The van der Waals surface area contributed by atoms with E-state index in [0.29, 0.717) is 24.6 Å². The number of hydrogen-bond donors (Lipinski definition) is 1. The molecule has 2 heterocycles. The lowest BCUT2D eigenvalue weighted by Crippen LogP contribution is -2.42. The van der Waals surface area contributed by atoms with E-state index in [9.17, 15) is 13.2 Å². The molecule has 8 heteroatoms. The molecule has 0 atom stereocenters. The first-order chi connectivity index (χ1) is 9.97. The maximum absolute atomic E-state index is 12.6. The monoisotopic (exact) mass is 318 g/mol. The van der Waals surface area contributed by atoms with Crippen LogP contribution >= 0.6 is 11.8 Å². The van der Waals surface area contributed by atoms with Crippen molar-refractivity contribution in [3.05, 3.63) is 29.6 Å². The van der Waals surface area contributed by atoms with Gasteiger partial charge in [-0.2, -0.15) is 24.9 Å². The number of halogens is 3. The van der Waals surface area contributed by atoms with E-state index < -0.39 is 11.7 Å². The van der Waals surface area contributed by atoms with Crippen LogP contribution in [-0.4, -0.2) is 47.0 Å². The SMILES string of the molecule is NC(=NCCc1cc(C(F)(F)F)ccn1)N1CCSCC1. The van der Waals surface area contributed by atoms with Crippen molar-refractivity contribution in [2.24, 2.45) is 10.7 Å². The Morgan fingerprint density at radius 3 is 2.76 bits per heavy atom. The van der Waals surface area contributed by atoms with E-state index in [4.69, 9.17) is 5.73 Å². The summed E-state index contributed by atoms with van der Waals surface area (Å²) >= 11 is 1.87. The van der Waals surface area contributed by atoms with Crippen LogP contribution in [-0.2, 0) is 12.6 Å². The highest BCUT2D eigenvalue weighted by Gasteiger charge is 2.30. The maximum atomic E-state index is 12.6. The molecule has 0 radical (unpaired) electrons. The highest BCUT2D eigenvalue weighted by atomic mass is 32.2. The Morgan fingerprint density at radius 1 is 1.38 bits per heavy atom.